The summed E-state index contributed by atoms with van der Waals surface area (Å²) in [5.74, 6) is 0. The average Bonchev–Trinajstić information content (AvgIpc) is 4.00. The van der Waals surface area contributed by atoms with E-state index in [1.54, 1.807) is 0 Å². The quantitative estimate of drug-likeness (QED) is 0.172. The molecule has 4 heterocycles. The van der Waals surface area contributed by atoms with Gasteiger partial charge in [-0.15, -0.1) is 0 Å². The lowest BCUT2D eigenvalue weighted by Crippen LogP contribution is -1.84. The minimum Gasteiger partial charge on any atom is -0.308 e. The summed E-state index contributed by atoms with van der Waals surface area (Å²) < 4.78 is 5.17. The predicted molar refractivity (Wildman–Crippen MR) is 238 cm³/mol. The summed E-state index contributed by atoms with van der Waals surface area (Å²) in [6.07, 6.45) is 0. The van der Waals surface area contributed by atoms with E-state index < -0.39 is 0 Å². The predicted octanol–water partition coefficient (Wildman–Crippen LogP) is 14.7. The molecule has 0 saturated carbocycles. The van der Waals surface area contributed by atoms with Gasteiger partial charge in [0.2, 0.25) is 0 Å². The minimum atomic E-state index is 1.23. The van der Waals surface area contributed by atoms with Gasteiger partial charge in [-0.05, 0) is 68.8 Å². The molecule has 0 aliphatic rings. The van der Waals surface area contributed by atoms with Crippen molar-refractivity contribution in [3.63, 3.8) is 0 Å². The topological polar surface area (TPSA) is 8.82 Å². The Kier molecular flexibility index (Phi) is 5.92. The van der Waals surface area contributed by atoms with Gasteiger partial charge >= 0.3 is 0 Å². The number of rotatable bonds is 4. The molecule has 0 atom stereocenters. The van der Waals surface area contributed by atoms with Crippen LogP contribution in [0.5, 0.6) is 0 Å². The molecule has 0 bridgehead atoms. The zero-order chi connectivity index (χ0) is 36.5. The molecule has 0 aliphatic heterocycles. The third kappa shape index (κ3) is 3.95. The second-order valence-corrected chi connectivity index (χ2v) is 15.3. The van der Waals surface area contributed by atoms with Crippen LogP contribution < -0.4 is 0 Å². The van der Waals surface area contributed by atoms with E-state index in [0.29, 0.717) is 0 Å². The zero-order valence-corrected chi connectivity index (χ0v) is 30.4. The third-order valence-corrected chi connectivity index (χ3v) is 12.4. The average molecular weight is 709 g/mol. The van der Waals surface area contributed by atoms with E-state index in [1.165, 1.54) is 121 Å². The Morgan fingerprint density at radius 3 is 0.679 bits per heavy atom. The lowest BCUT2D eigenvalue weighted by atomic mass is 9.95. The van der Waals surface area contributed by atoms with Crippen LogP contribution in [0, 0.1) is 0 Å². The molecule has 0 fully saturated rings. The fourth-order valence-electron chi connectivity index (χ4n) is 9.91. The van der Waals surface area contributed by atoms with Gasteiger partial charge in [-0.1, -0.05) is 170 Å². The highest BCUT2D eigenvalue weighted by Crippen LogP contribution is 2.53. The molecule has 0 saturated heterocycles. The standard InChI is InChI=1S/C54H32N2/c1-5-13-33(14-6-1)37-21-25-41-45(29-37)55-46-30-38(34-15-7-2-8-16-34)22-26-42(46)51-52-44-28-24-40(36-19-11-4-12-20-36)32-48(44)56-47-31-39(35-17-9-3-10-18-35)23-27-43(47)50(54(52)56)49(41)53(51)55/h1-32H. The lowest BCUT2D eigenvalue weighted by Gasteiger charge is -2.07. The largest absolute Gasteiger partial charge is 0.308 e. The highest BCUT2D eigenvalue weighted by Gasteiger charge is 2.29. The first kappa shape index (κ1) is 30.0. The highest BCUT2D eigenvalue weighted by atomic mass is 14.9. The van der Waals surface area contributed by atoms with Gasteiger partial charge in [0.05, 0.1) is 33.1 Å². The first-order chi connectivity index (χ1) is 27.8. The Labute approximate surface area is 322 Å². The van der Waals surface area contributed by atoms with Crippen LogP contribution in [0.4, 0.5) is 0 Å². The molecule has 56 heavy (non-hydrogen) atoms. The van der Waals surface area contributed by atoms with Crippen LogP contribution in [0.15, 0.2) is 194 Å². The maximum Gasteiger partial charge on any atom is 0.0634 e. The van der Waals surface area contributed by atoms with Crippen molar-refractivity contribution in [2.45, 2.75) is 0 Å². The SMILES string of the molecule is c1ccc(-c2ccc3c4c5c6ccc(-c7ccccc7)cc6n6c7cc(-c8ccccc8)ccc7c(c7c8ccc(-c9ccccc9)cc8n(c3c2)c47)c56)cc1. The van der Waals surface area contributed by atoms with Gasteiger partial charge in [-0.25, -0.2) is 0 Å². The van der Waals surface area contributed by atoms with Crippen molar-refractivity contribution < 1.29 is 0 Å². The molecule has 9 aromatic carbocycles. The summed E-state index contributed by atoms with van der Waals surface area (Å²) in [5.41, 5.74) is 17.4. The molecule has 0 radical (unpaired) electrons. The molecule has 2 nitrogen and oxygen atoms in total. The molecule has 4 aromatic heterocycles. The van der Waals surface area contributed by atoms with Gasteiger partial charge < -0.3 is 8.80 Å². The zero-order valence-electron chi connectivity index (χ0n) is 30.4. The van der Waals surface area contributed by atoms with Crippen molar-refractivity contribution in [2.75, 3.05) is 0 Å². The van der Waals surface area contributed by atoms with E-state index in [0.717, 1.165) is 0 Å². The van der Waals surface area contributed by atoms with Crippen molar-refractivity contribution in [1.29, 1.82) is 0 Å². The molecule has 0 amide bonds. The van der Waals surface area contributed by atoms with Crippen molar-refractivity contribution in [3.8, 4) is 44.5 Å². The fraction of sp³-hybridized carbons (Fsp3) is 0. The summed E-state index contributed by atoms with van der Waals surface area (Å²) in [4.78, 5) is 0. The molecule has 0 spiro atoms. The Morgan fingerprint density at radius 1 is 0.214 bits per heavy atom. The molecular weight excluding hydrogens is 677 g/mol. The van der Waals surface area contributed by atoms with Crippen molar-refractivity contribution in [1.82, 2.24) is 8.80 Å². The van der Waals surface area contributed by atoms with Gasteiger partial charge in [-0.2, -0.15) is 0 Å². The maximum atomic E-state index is 2.59. The van der Waals surface area contributed by atoms with Crippen molar-refractivity contribution >= 4 is 76.2 Å². The van der Waals surface area contributed by atoms with E-state index >= 15 is 0 Å². The molecule has 0 unspecified atom stereocenters. The van der Waals surface area contributed by atoms with E-state index in [-0.39, 0.29) is 0 Å². The van der Waals surface area contributed by atoms with E-state index in [1.807, 2.05) is 0 Å². The number of hydrogen-bond acceptors (Lipinski definition) is 0. The summed E-state index contributed by atoms with van der Waals surface area (Å²) in [6, 6.07) is 71.6. The van der Waals surface area contributed by atoms with Gasteiger partial charge in [0.15, 0.2) is 0 Å². The number of hydrogen-bond donors (Lipinski definition) is 0. The summed E-state index contributed by atoms with van der Waals surface area (Å²) in [5, 5.41) is 10.5. The molecule has 258 valence electrons. The van der Waals surface area contributed by atoms with Crippen LogP contribution >= 0.6 is 0 Å². The Balaban J connectivity index is 1.27. The Morgan fingerprint density at radius 2 is 0.446 bits per heavy atom. The van der Waals surface area contributed by atoms with Crippen LogP contribution in [-0.2, 0) is 0 Å². The van der Waals surface area contributed by atoms with Crippen molar-refractivity contribution in [3.05, 3.63) is 194 Å². The van der Waals surface area contributed by atoms with Gasteiger partial charge in [0.1, 0.15) is 0 Å². The number of aromatic nitrogens is 2. The monoisotopic (exact) mass is 708 g/mol. The summed E-state index contributed by atoms with van der Waals surface area (Å²) >= 11 is 0. The molecule has 13 aromatic rings. The second kappa shape index (κ2) is 11.1. The van der Waals surface area contributed by atoms with E-state index in [2.05, 4.69) is 203 Å². The molecule has 2 heteroatoms. The molecule has 13 rings (SSSR count). The van der Waals surface area contributed by atoms with Gasteiger partial charge in [0.25, 0.3) is 0 Å². The van der Waals surface area contributed by atoms with Gasteiger partial charge in [-0.3, -0.25) is 0 Å². The second-order valence-electron chi connectivity index (χ2n) is 15.3. The first-order valence-corrected chi connectivity index (χ1v) is 19.4. The fourth-order valence-corrected chi connectivity index (χ4v) is 9.91. The highest BCUT2D eigenvalue weighted by molar-refractivity contribution is 6.45. The van der Waals surface area contributed by atoms with E-state index in [9.17, 15) is 0 Å². The van der Waals surface area contributed by atoms with Crippen LogP contribution in [0.3, 0.4) is 0 Å². The number of fused-ring (bicyclic) bond motifs is 14. The number of benzene rings is 9. The molecular formula is C54H32N2. The third-order valence-electron chi connectivity index (χ3n) is 12.4. The van der Waals surface area contributed by atoms with Crippen LogP contribution in [0.2, 0.25) is 0 Å². The molecule has 0 aliphatic carbocycles. The van der Waals surface area contributed by atoms with Crippen LogP contribution in [-0.4, -0.2) is 8.80 Å². The van der Waals surface area contributed by atoms with Gasteiger partial charge in [0, 0.05) is 43.1 Å². The van der Waals surface area contributed by atoms with Crippen LogP contribution in [0.1, 0.15) is 0 Å². The minimum absolute atomic E-state index is 1.23. The smallest absolute Gasteiger partial charge is 0.0634 e. The first-order valence-electron chi connectivity index (χ1n) is 19.4. The Bertz CT molecular complexity index is 3170. The van der Waals surface area contributed by atoms with E-state index in [4.69, 9.17) is 0 Å². The Hall–Kier alpha value is -7.42. The summed E-state index contributed by atoms with van der Waals surface area (Å²) in [7, 11) is 0. The van der Waals surface area contributed by atoms with Crippen LogP contribution in [0.25, 0.3) is 121 Å². The number of nitrogens with zero attached hydrogens (tertiary/aromatic N) is 2. The maximum absolute atomic E-state index is 2.59. The van der Waals surface area contributed by atoms with Crippen molar-refractivity contribution in [2.24, 2.45) is 0 Å². The lowest BCUT2D eigenvalue weighted by molar-refractivity contribution is 1.37. The molecule has 0 N–H and O–H groups in total. The normalized spacial score (nSPS) is 12.3. The summed E-state index contributed by atoms with van der Waals surface area (Å²) in [6.45, 7) is 0.